The van der Waals surface area contributed by atoms with Gasteiger partial charge in [0.05, 0.1) is 12.8 Å². The van der Waals surface area contributed by atoms with Crippen molar-refractivity contribution in [2.45, 2.75) is 13.3 Å². The van der Waals surface area contributed by atoms with Crippen LogP contribution in [0.4, 0.5) is 5.69 Å². The molecule has 0 unspecified atom stereocenters. The first kappa shape index (κ1) is 26.3. The number of aryl methyl sites for hydroxylation is 1. The average molecular weight is 486 g/mol. The minimum absolute atomic E-state index is 0.0312. The number of ether oxygens (including phenoxy) is 1. The molecule has 8 nitrogen and oxygen atoms in total. The first-order valence-electron chi connectivity index (χ1n) is 11.5. The molecule has 1 aliphatic rings. The Bertz CT molecular complexity index is 1280. The number of benzene rings is 2. The number of nitrogens with zero attached hydrogens (tertiary/aromatic N) is 2. The number of nitrogens with two attached hydrogens (primary N) is 1. The number of hydrogen-bond donors (Lipinski definition) is 3. The Labute approximate surface area is 211 Å². The Balaban J connectivity index is 1.67. The van der Waals surface area contributed by atoms with Crippen molar-refractivity contribution in [2.75, 3.05) is 39.6 Å². The molecular weight excluding hydrogens is 454 g/mol. The van der Waals surface area contributed by atoms with Gasteiger partial charge in [-0.25, -0.2) is 4.99 Å². The average Bonchev–Trinajstić information content (AvgIpc) is 3.10. The van der Waals surface area contributed by atoms with Crippen molar-refractivity contribution in [1.82, 2.24) is 10.2 Å². The highest BCUT2D eigenvalue weighted by Crippen LogP contribution is 2.25. The third-order valence-electron chi connectivity index (χ3n) is 5.36. The highest BCUT2D eigenvalue weighted by atomic mass is 16.5. The van der Waals surface area contributed by atoms with Crippen LogP contribution in [0.15, 0.2) is 65.3 Å². The van der Waals surface area contributed by atoms with Gasteiger partial charge in [0.1, 0.15) is 17.2 Å². The van der Waals surface area contributed by atoms with Crippen molar-refractivity contribution in [3.63, 3.8) is 0 Å². The summed E-state index contributed by atoms with van der Waals surface area (Å²) >= 11 is 0. The van der Waals surface area contributed by atoms with Crippen molar-refractivity contribution in [2.24, 2.45) is 10.7 Å². The van der Waals surface area contributed by atoms with E-state index in [9.17, 15) is 9.59 Å². The lowest BCUT2D eigenvalue weighted by Gasteiger charge is -2.11. The van der Waals surface area contributed by atoms with Crippen molar-refractivity contribution in [3.05, 3.63) is 77.0 Å². The lowest BCUT2D eigenvalue weighted by molar-refractivity contribution is -0.112. The van der Waals surface area contributed by atoms with E-state index in [-0.39, 0.29) is 11.6 Å². The fourth-order valence-electron chi connectivity index (χ4n) is 3.34. The molecule has 0 fully saturated rings. The van der Waals surface area contributed by atoms with Crippen LogP contribution in [-0.4, -0.2) is 56.7 Å². The molecule has 186 valence electrons. The van der Waals surface area contributed by atoms with Crippen LogP contribution < -0.4 is 21.1 Å². The maximum absolute atomic E-state index is 12.6. The lowest BCUT2D eigenvalue weighted by Crippen LogP contribution is -2.31. The van der Waals surface area contributed by atoms with Gasteiger partial charge in [0.25, 0.3) is 11.8 Å². The monoisotopic (exact) mass is 485 g/mol. The number of carbonyl (C=O) groups excluding carboxylic acids is 2. The molecule has 0 bridgehead atoms. The molecule has 36 heavy (non-hydrogen) atoms. The second-order valence-electron chi connectivity index (χ2n) is 8.47. The van der Waals surface area contributed by atoms with Crippen LogP contribution in [0, 0.1) is 18.8 Å². The lowest BCUT2D eigenvalue weighted by atomic mass is 10.1. The molecule has 0 saturated carbocycles. The van der Waals surface area contributed by atoms with E-state index in [1.54, 1.807) is 31.4 Å². The topological polar surface area (TPSA) is 109 Å². The van der Waals surface area contributed by atoms with Gasteiger partial charge < -0.3 is 26.0 Å². The first-order valence-corrected chi connectivity index (χ1v) is 11.5. The third-order valence-corrected chi connectivity index (χ3v) is 5.36. The summed E-state index contributed by atoms with van der Waals surface area (Å²) in [5, 5.41) is 5.58. The second-order valence-corrected chi connectivity index (χ2v) is 8.47. The molecule has 0 saturated heterocycles. The van der Waals surface area contributed by atoms with Gasteiger partial charge in [-0.1, -0.05) is 18.1 Å². The predicted molar refractivity (Wildman–Crippen MR) is 144 cm³/mol. The van der Waals surface area contributed by atoms with Gasteiger partial charge in [-0.2, -0.15) is 0 Å². The number of anilines is 1. The molecule has 4 N–H and O–H groups in total. The quantitative estimate of drug-likeness (QED) is 0.374. The van der Waals surface area contributed by atoms with Gasteiger partial charge >= 0.3 is 0 Å². The van der Waals surface area contributed by atoms with E-state index in [0.29, 0.717) is 35.6 Å². The minimum Gasteiger partial charge on any atom is -0.496 e. The minimum atomic E-state index is -0.491. The maximum Gasteiger partial charge on any atom is 0.271 e. The summed E-state index contributed by atoms with van der Waals surface area (Å²) in [4.78, 5) is 31.5. The van der Waals surface area contributed by atoms with E-state index in [1.807, 2.05) is 50.2 Å². The summed E-state index contributed by atoms with van der Waals surface area (Å²) in [6.07, 6.45) is 3.90. The van der Waals surface area contributed by atoms with Crippen LogP contribution >= 0.6 is 0 Å². The van der Waals surface area contributed by atoms with Gasteiger partial charge in [-0.15, -0.1) is 0 Å². The Hall–Kier alpha value is -4.35. The zero-order chi connectivity index (χ0) is 26.1. The molecule has 0 atom stereocenters. The van der Waals surface area contributed by atoms with E-state index in [0.717, 1.165) is 23.4 Å². The van der Waals surface area contributed by atoms with E-state index < -0.39 is 5.91 Å². The fraction of sp³-hybridized carbons (Fsp3) is 0.250. The summed E-state index contributed by atoms with van der Waals surface area (Å²) in [6, 6.07) is 12.4. The Morgan fingerprint density at radius 3 is 2.64 bits per heavy atom. The molecule has 0 spiro atoms. The normalized spacial score (nSPS) is 13.1. The van der Waals surface area contributed by atoms with Crippen molar-refractivity contribution in [3.8, 4) is 17.6 Å². The van der Waals surface area contributed by atoms with E-state index in [1.165, 1.54) is 6.08 Å². The number of nitrogens with one attached hydrogen (secondary N) is 2. The zero-order valence-electron chi connectivity index (χ0n) is 21.0. The first-order chi connectivity index (χ1) is 17.3. The Kier molecular flexibility index (Phi) is 9.03. The van der Waals surface area contributed by atoms with E-state index >= 15 is 0 Å². The Morgan fingerprint density at radius 2 is 1.94 bits per heavy atom. The van der Waals surface area contributed by atoms with Gasteiger partial charge in [0, 0.05) is 42.4 Å². The van der Waals surface area contributed by atoms with Crippen LogP contribution in [0.3, 0.4) is 0 Å². The number of allylic oxidation sites excluding steroid dienone is 2. The van der Waals surface area contributed by atoms with Gasteiger partial charge in [-0.3, -0.25) is 9.59 Å². The van der Waals surface area contributed by atoms with Crippen molar-refractivity contribution >= 4 is 28.9 Å². The summed E-state index contributed by atoms with van der Waals surface area (Å²) < 4.78 is 5.42. The number of aliphatic imine (C=N–C) groups is 1. The SMILES string of the molecule is COc1cc(C2=CCC#CC(/C=C(\N)C(=O)Nc3ccc(C(=O)NCCN(C)C)cc3)=N2)ccc1C. The second kappa shape index (κ2) is 12.4. The Morgan fingerprint density at radius 1 is 1.19 bits per heavy atom. The van der Waals surface area contributed by atoms with E-state index in [2.05, 4.69) is 27.5 Å². The molecule has 3 rings (SSSR count). The number of methoxy groups -OCH3 is 1. The molecule has 0 aliphatic carbocycles. The molecule has 2 amide bonds. The largest absolute Gasteiger partial charge is 0.496 e. The smallest absolute Gasteiger partial charge is 0.271 e. The van der Waals surface area contributed by atoms with Gasteiger partial charge in [0.15, 0.2) is 0 Å². The summed E-state index contributed by atoms with van der Waals surface area (Å²) in [5.41, 5.74) is 10.0. The van der Waals surface area contributed by atoms with Crippen LogP contribution in [0.25, 0.3) is 5.70 Å². The molecule has 2 aromatic carbocycles. The summed E-state index contributed by atoms with van der Waals surface area (Å²) in [6.45, 7) is 3.27. The predicted octanol–water partition coefficient (Wildman–Crippen LogP) is 2.97. The molecule has 1 heterocycles. The number of likely N-dealkylation sites (N-methyl/N-ethyl adjacent to an activating group) is 1. The fourth-order valence-corrected chi connectivity index (χ4v) is 3.34. The molecule has 8 heteroatoms. The highest BCUT2D eigenvalue weighted by molar-refractivity contribution is 6.16. The summed E-state index contributed by atoms with van der Waals surface area (Å²) in [5.74, 6) is 6.06. The van der Waals surface area contributed by atoms with E-state index in [4.69, 9.17) is 10.5 Å². The van der Waals surface area contributed by atoms with Crippen molar-refractivity contribution in [1.29, 1.82) is 0 Å². The van der Waals surface area contributed by atoms with Crippen LogP contribution in [0.2, 0.25) is 0 Å². The highest BCUT2D eigenvalue weighted by Gasteiger charge is 2.11. The van der Waals surface area contributed by atoms with Crippen LogP contribution in [0.5, 0.6) is 5.75 Å². The zero-order valence-corrected chi connectivity index (χ0v) is 21.0. The van der Waals surface area contributed by atoms with Gasteiger partial charge in [-0.05, 0) is 68.9 Å². The number of hydrogen-bond acceptors (Lipinski definition) is 6. The third kappa shape index (κ3) is 7.32. The molecule has 2 aromatic rings. The summed E-state index contributed by atoms with van der Waals surface area (Å²) in [7, 11) is 5.51. The van der Waals surface area contributed by atoms with Crippen LogP contribution in [0.1, 0.15) is 27.9 Å². The number of amides is 2. The molecule has 0 radical (unpaired) electrons. The number of carbonyl (C=O) groups is 2. The van der Waals surface area contributed by atoms with Crippen LogP contribution in [-0.2, 0) is 4.79 Å². The van der Waals surface area contributed by atoms with Gasteiger partial charge in [0.2, 0.25) is 0 Å². The molecular formula is C28H31N5O3. The standard InChI is InChI=1S/C28H31N5O3/c1-19-9-10-21(17-26(19)36-4)25-8-6-5-7-23(31-25)18-24(29)28(35)32-22-13-11-20(12-14-22)27(34)30-15-16-33(2)3/h8-14,17-18H,6,15-16,29H2,1-4H3,(H,30,34)(H,32,35)/b24-18-. The number of rotatable bonds is 9. The molecule has 0 aromatic heterocycles. The van der Waals surface area contributed by atoms with Crippen molar-refractivity contribution < 1.29 is 14.3 Å². The maximum atomic E-state index is 12.6. The molecule has 1 aliphatic heterocycles.